The van der Waals surface area contributed by atoms with E-state index in [1.165, 1.54) is 0 Å². The van der Waals surface area contributed by atoms with Gasteiger partial charge in [-0.2, -0.15) is 0 Å². The second kappa shape index (κ2) is 11.3. The Morgan fingerprint density at radius 3 is 2.63 bits per heavy atom. The first-order valence-corrected chi connectivity index (χ1v) is 11.3. The van der Waals surface area contributed by atoms with E-state index in [0.29, 0.717) is 25.0 Å². The number of amides is 1. The van der Waals surface area contributed by atoms with E-state index in [9.17, 15) is 4.79 Å². The molecule has 168 valence electrons. The van der Waals surface area contributed by atoms with Gasteiger partial charge < -0.3 is 24.4 Å². The number of guanidine groups is 1. The van der Waals surface area contributed by atoms with Crippen LogP contribution in [0.5, 0.6) is 0 Å². The third kappa shape index (κ3) is 6.17. The van der Waals surface area contributed by atoms with Crippen molar-refractivity contribution in [2.24, 2.45) is 16.8 Å². The van der Waals surface area contributed by atoms with Crippen LogP contribution in [0.1, 0.15) is 39.4 Å². The molecule has 1 N–H and O–H groups in total. The molecule has 3 rings (SSSR count). The summed E-state index contributed by atoms with van der Waals surface area (Å²) in [6.45, 7) is 13.3. The van der Waals surface area contributed by atoms with Crippen molar-refractivity contribution in [2.75, 3.05) is 52.5 Å². The number of aromatic nitrogens is 3. The predicted octanol–water partition coefficient (Wildman–Crippen LogP) is 1.01. The molecule has 0 atom stereocenters. The molecule has 2 fully saturated rings. The molecule has 2 aliphatic heterocycles. The smallest absolute Gasteiger partial charge is 0.225 e. The monoisotopic (exact) mass is 419 g/mol. The van der Waals surface area contributed by atoms with E-state index in [0.717, 1.165) is 76.9 Å². The Morgan fingerprint density at radius 2 is 1.97 bits per heavy atom. The molecular formula is C21H37N7O2. The second-order valence-electron chi connectivity index (χ2n) is 8.48. The molecular weight excluding hydrogens is 382 g/mol. The maximum absolute atomic E-state index is 12.8. The average molecular weight is 420 g/mol. The van der Waals surface area contributed by atoms with E-state index in [1.54, 1.807) is 6.33 Å². The lowest BCUT2D eigenvalue weighted by molar-refractivity contribution is -0.140. The summed E-state index contributed by atoms with van der Waals surface area (Å²) in [4.78, 5) is 21.9. The van der Waals surface area contributed by atoms with Crippen LogP contribution in [0.25, 0.3) is 0 Å². The van der Waals surface area contributed by atoms with Gasteiger partial charge in [-0.05, 0) is 18.8 Å². The maximum atomic E-state index is 12.8. The lowest BCUT2D eigenvalue weighted by atomic mass is 9.95. The number of carbonyl (C=O) groups is 1. The van der Waals surface area contributed by atoms with Gasteiger partial charge in [0, 0.05) is 58.2 Å². The van der Waals surface area contributed by atoms with Crippen molar-refractivity contribution in [3.05, 3.63) is 12.2 Å². The van der Waals surface area contributed by atoms with E-state index in [-0.39, 0.29) is 5.92 Å². The number of ether oxygens (including phenoxy) is 1. The van der Waals surface area contributed by atoms with Crippen molar-refractivity contribution in [3.63, 3.8) is 0 Å². The van der Waals surface area contributed by atoms with E-state index < -0.39 is 0 Å². The lowest BCUT2D eigenvalue weighted by Gasteiger charge is -2.37. The zero-order valence-corrected chi connectivity index (χ0v) is 18.7. The van der Waals surface area contributed by atoms with Gasteiger partial charge >= 0.3 is 0 Å². The van der Waals surface area contributed by atoms with Gasteiger partial charge in [0.25, 0.3) is 0 Å². The number of likely N-dealkylation sites (tertiary alicyclic amines) is 1. The fourth-order valence-corrected chi connectivity index (χ4v) is 3.94. The SMILES string of the molecule is CCc1nncn1CCNC(=NCC(C)C)N1CCC(C(=O)N2CCOCC2)CC1. The molecule has 3 heterocycles. The molecule has 0 unspecified atom stereocenters. The van der Waals surface area contributed by atoms with Crippen molar-refractivity contribution in [3.8, 4) is 0 Å². The van der Waals surface area contributed by atoms with Gasteiger partial charge in [-0.3, -0.25) is 9.79 Å². The number of nitrogens with zero attached hydrogens (tertiary/aromatic N) is 6. The second-order valence-corrected chi connectivity index (χ2v) is 8.48. The van der Waals surface area contributed by atoms with Gasteiger partial charge in [0.05, 0.1) is 13.2 Å². The Balaban J connectivity index is 1.52. The minimum absolute atomic E-state index is 0.120. The molecule has 2 saturated heterocycles. The molecule has 9 nitrogen and oxygen atoms in total. The summed E-state index contributed by atoms with van der Waals surface area (Å²) < 4.78 is 7.46. The van der Waals surface area contributed by atoms with Crippen LogP contribution in [0.4, 0.5) is 0 Å². The van der Waals surface area contributed by atoms with Gasteiger partial charge in [-0.25, -0.2) is 0 Å². The Labute approximate surface area is 179 Å². The Hall–Kier alpha value is -2.16. The summed E-state index contributed by atoms with van der Waals surface area (Å²) in [7, 11) is 0. The highest BCUT2D eigenvalue weighted by Crippen LogP contribution is 2.20. The van der Waals surface area contributed by atoms with Crippen molar-refractivity contribution >= 4 is 11.9 Å². The minimum Gasteiger partial charge on any atom is -0.378 e. The van der Waals surface area contributed by atoms with Crippen molar-refractivity contribution in [1.29, 1.82) is 0 Å². The van der Waals surface area contributed by atoms with Gasteiger partial charge in [0.1, 0.15) is 12.2 Å². The molecule has 0 radical (unpaired) electrons. The molecule has 1 amide bonds. The third-order valence-corrected chi connectivity index (χ3v) is 5.72. The molecule has 0 bridgehead atoms. The molecule has 2 aliphatic rings. The Morgan fingerprint density at radius 1 is 1.23 bits per heavy atom. The fraction of sp³-hybridized carbons (Fsp3) is 0.810. The largest absolute Gasteiger partial charge is 0.378 e. The number of rotatable bonds is 7. The first kappa shape index (κ1) is 22.5. The minimum atomic E-state index is 0.120. The normalized spacial score (nSPS) is 18.9. The van der Waals surface area contributed by atoms with Crippen LogP contribution in [0.2, 0.25) is 0 Å². The van der Waals surface area contributed by atoms with E-state index in [4.69, 9.17) is 9.73 Å². The van der Waals surface area contributed by atoms with Crippen molar-refractivity contribution in [1.82, 2.24) is 29.9 Å². The molecule has 0 aromatic carbocycles. The van der Waals surface area contributed by atoms with Crippen LogP contribution in [-0.4, -0.2) is 88.9 Å². The molecule has 0 spiro atoms. The number of aliphatic imine (C=N–C) groups is 1. The molecule has 1 aromatic rings. The van der Waals surface area contributed by atoms with E-state index in [2.05, 4.69) is 45.8 Å². The number of piperidine rings is 1. The quantitative estimate of drug-likeness (QED) is 0.524. The summed E-state index contributed by atoms with van der Waals surface area (Å²) in [6, 6.07) is 0. The number of carbonyl (C=O) groups excluding carboxylic acids is 1. The zero-order chi connectivity index (χ0) is 21.3. The summed E-state index contributed by atoms with van der Waals surface area (Å²) in [5.74, 6) is 2.87. The van der Waals surface area contributed by atoms with Gasteiger partial charge in [0.2, 0.25) is 5.91 Å². The van der Waals surface area contributed by atoms with Gasteiger partial charge in [0.15, 0.2) is 5.96 Å². The number of hydrogen-bond acceptors (Lipinski definition) is 5. The van der Waals surface area contributed by atoms with Crippen molar-refractivity contribution < 1.29 is 9.53 Å². The predicted molar refractivity (Wildman–Crippen MR) is 116 cm³/mol. The van der Waals surface area contributed by atoms with Crippen LogP contribution in [-0.2, 0) is 22.5 Å². The zero-order valence-electron chi connectivity index (χ0n) is 18.7. The molecule has 30 heavy (non-hydrogen) atoms. The highest BCUT2D eigenvalue weighted by atomic mass is 16.5. The van der Waals surface area contributed by atoms with Crippen LogP contribution in [0, 0.1) is 11.8 Å². The Kier molecular flexibility index (Phi) is 8.48. The standard InChI is InChI=1S/C21H37N7O2/c1-4-19-25-24-16-28(19)10-7-22-21(23-15-17(2)3)27-8-5-18(6-9-27)20(29)26-11-13-30-14-12-26/h16-18H,4-15H2,1-3H3,(H,22,23). The van der Waals surface area contributed by atoms with E-state index >= 15 is 0 Å². The summed E-state index contributed by atoms with van der Waals surface area (Å²) in [6.07, 6.45) is 4.42. The lowest BCUT2D eigenvalue weighted by Crippen LogP contribution is -2.50. The van der Waals surface area contributed by atoms with Crippen LogP contribution >= 0.6 is 0 Å². The van der Waals surface area contributed by atoms with Crippen LogP contribution < -0.4 is 5.32 Å². The van der Waals surface area contributed by atoms with Crippen molar-refractivity contribution in [2.45, 2.75) is 46.6 Å². The topological polar surface area (TPSA) is 87.9 Å². The van der Waals surface area contributed by atoms with Crippen LogP contribution in [0.3, 0.4) is 0 Å². The summed E-state index contributed by atoms with van der Waals surface area (Å²) in [5.41, 5.74) is 0. The van der Waals surface area contributed by atoms with Gasteiger partial charge in [-0.1, -0.05) is 20.8 Å². The first-order valence-electron chi connectivity index (χ1n) is 11.3. The molecule has 0 aliphatic carbocycles. The number of morpholine rings is 1. The highest BCUT2D eigenvalue weighted by Gasteiger charge is 2.30. The maximum Gasteiger partial charge on any atom is 0.225 e. The molecule has 9 heteroatoms. The number of aryl methyl sites for hydroxylation is 1. The first-order chi connectivity index (χ1) is 14.6. The summed E-state index contributed by atoms with van der Waals surface area (Å²) >= 11 is 0. The van der Waals surface area contributed by atoms with Gasteiger partial charge in [-0.15, -0.1) is 10.2 Å². The average Bonchev–Trinajstić information content (AvgIpc) is 3.23. The third-order valence-electron chi connectivity index (χ3n) is 5.72. The molecule has 0 saturated carbocycles. The highest BCUT2D eigenvalue weighted by molar-refractivity contribution is 5.82. The van der Waals surface area contributed by atoms with E-state index in [1.807, 2.05) is 4.90 Å². The number of nitrogens with one attached hydrogen (secondary N) is 1. The summed E-state index contributed by atoms with van der Waals surface area (Å²) in [5, 5.41) is 11.7. The fourth-order valence-electron chi connectivity index (χ4n) is 3.94. The van der Waals surface area contributed by atoms with Crippen LogP contribution in [0.15, 0.2) is 11.3 Å². The molecule has 1 aromatic heterocycles. The number of hydrogen-bond donors (Lipinski definition) is 1. The Bertz CT molecular complexity index is 689.